The predicted octanol–water partition coefficient (Wildman–Crippen LogP) is 3.78. The van der Waals surface area contributed by atoms with E-state index in [2.05, 4.69) is 6.07 Å². The number of ether oxygens (including phenoxy) is 3. The maximum atomic E-state index is 9.42. The van der Waals surface area contributed by atoms with Crippen LogP contribution < -0.4 is 14.2 Å². The minimum Gasteiger partial charge on any atom is -0.496 e. The number of rotatable bonds is 5. The van der Waals surface area contributed by atoms with E-state index in [0.717, 1.165) is 11.1 Å². The van der Waals surface area contributed by atoms with E-state index in [9.17, 15) is 5.26 Å². The third-order valence-electron chi connectivity index (χ3n) is 3.24. The monoisotopic (exact) mass is 295 g/mol. The summed E-state index contributed by atoms with van der Waals surface area (Å²) >= 11 is 0. The van der Waals surface area contributed by atoms with Crippen LogP contribution >= 0.6 is 0 Å². The van der Waals surface area contributed by atoms with Crippen LogP contribution in [0.5, 0.6) is 17.2 Å². The summed E-state index contributed by atoms with van der Waals surface area (Å²) in [6.07, 6.45) is 1.77. The first-order chi connectivity index (χ1) is 10.7. The van der Waals surface area contributed by atoms with E-state index >= 15 is 0 Å². The van der Waals surface area contributed by atoms with Crippen LogP contribution in [0, 0.1) is 11.3 Å². The Morgan fingerprint density at radius 3 is 2.05 bits per heavy atom. The molecule has 0 N–H and O–H groups in total. The standard InChI is InChI=1S/C18H17NO3/c1-20-16-11-18(22-3)17(21-2)10-14(16)9-15(12-19)13-7-5-4-6-8-13/h4-11H,1-3H3. The van der Waals surface area contributed by atoms with Gasteiger partial charge in [0.1, 0.15) is 5.75 Å². The summed E-state index contributed by atoms with van der Waals surface area (Å²) in [4.78, 5) is 0. The number of hydrogen-bond donors (Lipinski definition) is 0. The van der Waals surface area contributed by atoms with Crippen molar-refractivity contribution in [2.75, 3.05) is 21.3 Å². The van der Waals surface area contributed by atoms with Gasteiger partial charge in [-0.1, -0.05) is 30.3 Å². The van der Waals surface area contributed by atoms with Crippen molar-refractivity contribution in [2.45, 2.75) is 0 Å². The van der Waals surface area contributed by atoms with Crippen molar-refractivity contribution in [3.05, 3.63) is 53.6 Å². The average molecular weight is 295 g/mol. The molecule has 0 atom stereocenters. The lowest BCUT2D eigenvalue weighted by Gasteiger charge is -2.12. The second-order valence-corrected chi connectivity index (χ2v) is 4.48. The van der Waals surface area contributed by atoms with Gasteiger partial charge in [0.15, 0.2) is 11.5 Å². The van der Waals surface area contributed by atoms with Crippen LogP contribution in [-0.2, 0) is 0 Å². The molecule has 112 valence electrons. The van der Waals surface area contributed by atoms with Gasteiger partial charge in [-0.25, -0.2) is 0 Å². The Morgan fingerprint density at radius 2 is 1.50 bits per heavy atom. The van der Waals surface area contributed by atoms with Gasteiger partial charge in [0.2, 0.25) is 0 Å². The first-order valence-corrected chi connectivity index (χ1v) is 6.70. The summed E-state index contributed by atoms with van der Waals surface area (Å²) in [5.74, 6) is 1.77. The van der Waals surface area contributed by atoms with Gasteiger partial charge in [-0.2, -0.15) is 5.26 Å². The van der Waals surface area contributed by atoms with Crippen molar-refractivity contribution in [3.8, 4) is 23.3 Å². The van der Waals surface area contributed by atoms with Gasteiger partial charge in [-0.3, -0.25) is 0 Å². The molecule has 0 spiro atoms. The number of nitriles is 1. The lowest BCUT2D eigenvalue weighted by atomic mass is 10.0. The minimum atomic E-state index is 0.547. The van der Waals surface area contributed by atoms with Gasteiger partial charge in [-0.05, 0) is 17.7 Å². The van der Waals surface area contributed by atoms with E-state index in [-0.39, 0.29) is 0 Å². The molecule has 0 saturated heterocycles. The van der Waals surface area contributed by atoms with E-state index in [1.807, 2.05) is 30.3 Å². The van der Waals surface area contributed by atoms with Crippen LogP contribution in [0.2, 0.25) is 0 Å². The Hall–Kier alpha value is -2.93. The first-order valence-electron chi connectivity index (χ1n) is 6.70. The maximum absolute atomic E-state index is 9.42. The molecule has 0 amide bonds. The highest BCUT2D eigenvalue weighted by atomic mass is 16.5. The van der Waals surface area contributed by atoms with E-state index in [1.165, 1.54) is 0 Å². The lowest BCUT2D eigenvalue weighted by molar-refractivity contribution is 0.348. The fourth-order valence-corrected chi connectivity index (χ4v) is 2.12. The summed E-state index contributed by atoms with van der Waals surface area (Å²) in [6.45, 7) is 0. The van der Waals surface area contributed by atoms with Crippen molar-refractivity contribution >= 4 is 11.6 Å². The van der Waals surface area contributed by atoms with Crippen LogP contribution in [0.4, 0.5) is 0 Å². The Bertz CT molecular complexity index is 715. The molecule has 0 fully saturated rings. The third-order valence-corrected chi connectivity index (χ3v) is 3.24. The molecule has 0 aliphatic heterocycles. The van der Waals surface area contributed by atoms with Gasteiger partial charge in [-0.15, -0.1) is 0 Å². The number of allylic oxidation sites excluding steroid dienone is 1. The summed E-state index contributed by atoms with van der Waals surface area (Å²) in [5, 5.41) is 9.42. The second kappa shape index (κ2) is 7.19. The molecule has 2 aromatic rings. The molecule has 0 saturated carbocycles. The molecule has 4 heteroatoms. The summed E-state index contributed by atoms with van der Waals surface area (Å²) in [6, 6.07) is 15.2. The van der Waals surface area contributed by atoms with Gasteiger partial charge in [0, 0.05) is 11.6 Å². The van der Waals surface area contributed by atoms with Crippen molar-refractivity contribution < 1.29 is 14.2 Å². The first kappa shape index (κ1) is 15.5. The Kier molecular flexibility index (Phi) is 5.05. The topological polar surface area (TPSA) is 51.5 Å². The minimum absolute atomic E-state index is 0.547. The average Bonchev–Trinajstić information content (AvgIpc) is 2.59. The van der Waals surface area contributed by atoms with Gasteiger partial charge in [0.05, 0.1) is 33.0 Å². The fraction of sp³-hybridized carbons (Fsp3) is 0.167. The molecule has 2 rings (SSSR count). The fourth-order valence-electron chi connectivity index (χ4n) is 2.12. The smallest absolute Gasteiger partial charge is 0.164 e. The Labute approximate surface area is 130 Å². The highest BCUT2D eigenvalue weighted by Crippen LogP contribution is 2.36. The number of nitrogens with zero attached hydrogens (tertiary/aromatic N) is 1. The van der Waals surface area contributed by atoms with Crippen molar-refractivity contribution in [1.29, 1.82) is 5.26 Å². The summed E-state index contributed by atoms with van der Waals surface area (Å²) in [5.41, 5.74) is 2.15. The molecule has 0 aliphatic carbocycles. The van der Waals surface area contributed by atoms with Crippen molar-refractivity contribution in [1.82, 2.24) is 0 Å². The molecule has 0 bridgehead atoms. The highest BCUT2D eigenvalue weighted by Gasteiger charge is 2.11. The number of hydrogen-bond acceptors (Lipinski definition) is 4. The van der Waals surface area contributed by atoms with Gasteiger partial charge in [0.25, 0.3) is 0 Å². The normalized spacial score (nSPS) is 10.7. The quantitative estimate of drug-likeness (QED) is 0.622. The SMILES string of the molecule is COc1cc(OC)c(OC)cc1C=C(C#N)c1ccccc1. The third kappa shape index (κ3) is 3.21. The highest BCUT2D eigenvalue weighted by molar-refractivity contribution is 5.91. The zero-order chi connectivity index (χ0) is 15.9. The molecule has 0 heterocycles. The predicted molar refractivity (Wildman–Crippen MR) is 86.0 cm³/mol. The van der Waals surface area contributed by atoms with Crippen LogP contribution in [-0.4, -0.2) is 21.3 Å². The maximum Gasteiger partial charge on any atom is 0.164 e. The van der Waals surface area contributed by atoms with Crippen LogP contribution in [0.15, 0.2) is 42.5 Å². The van der Waals surface area contributed by atoms with E-state index in [0.29, 0.717) is 22.8 Å². The molecule has 2 aromatic carbocycles. The zero-order valence-electron chi connectivity index (χ0n) is 12.8. The number of benzene rings is 2. The molecule has 22 heavy (non-hydrogen) atoms. The lowest BCUT2D eigenvalue weighted by Crippen LogP contribution is -1.95. The molecule has 0 unspecified atom stereocenters. The van der Waals surface area contributed by atoms with E-state index in [4.69, 9.17) is 14.2 Å². The van der Waals surface area contributed by atoms with Crippen LogP contribution in [0.3, 0.4) is 0 Å². The molecule has 0 radical (unpaired) electrons. The van der Waals surface area contributed by atoms with Gasteiger partial charge >= 0.3 is 0 Å². The zero-order valence-corrected chi connectivity index (χ0v) is 12.8. The van der Waals surface area contributed by atoms with Crippen LogP contribution in [0.1, 0.15) is 11.1 Å². The Morgan fingerprint density at radius 1 is 0.909 bits per heavy atom. The number of methoxy groups -OCH3 is 3. The molecule has 0 aromatic heterocycles. The second-order valence-electron chi connectivity index (χ2n) is 4.48. The summed E-state index contributed by atoms with van der Waals surface area (Å²) in [7, 11) is 4.71. The summed E-state index contributed by atoms with van der Waals surface area (Å²) < 4.78 is 15.9. The molecular weight excluding hydrogens is 278 g/mol. The molecular formula is C18H17NO3. The van der Waals surface area contributed by atoms with Crippen molar-refractivity contribution in [2.24, 2.45) is 0 Å². The largest absolute Gasteiger partial charge is 0.496 e. The van der Waals surface area contributed by atoms with Gasteiger partial charge < -0.3 is 14.2 Å². The van der Waals surface area contributed by atoms with E-state index in [1.54, 1.807) is 39.5 Å². The molecule has 0 aliphatic rings. The molecule has 4 nitrogen and oxygen atoms in total. The Balaban J connectivity index is 2.56. The van der Waals surface area contributed by atoms with Crippen LogP contribution in [0.25, 0.3) is 11.6 Å². The van der Waals surface area contributed by atoms with Crippen molar-refractivity contribution in [3.63, 3.8) is 0 Å². The van der Waals surface area contributed by atoms with E-state index < -0.39 is 0 Å².